The van der Waals surface area contributed by atoms with Crippen LogP contribution in [0.5, 0.6) is 0 Å². The fourth-order valence-corrected chi connectivity index (χ4v) is 2.12. The van der Waals surface area contributed by atoms with Crippen LogP contribution in [0.4, 0.5) is 0 Å². The third-order valence-corrected chi connectivity index (χ3v) is 8.01. The predicted octanol–water partition coefficient (Wildman–Crippen LogP) is 2.66. The summed E-state index contributed by atoms with van der Waals surface area (Å²) in [7, 11) is 1.33. The molecule has 5 heteroatoms. The molecule has 0 rings (SSSR count). The molecule has 0 unspecified atom stereocenters. The molecule has 0 aliphatic rings. The normalized spacial score (nSPS) is 14.6. The molecule has 0 aliphatic carbocycles. The molecule has 0 aromatic heterocycles. The van der Waals surface area contributed by atoms with Gasteiger partial charge in [-0.25, -0.2) is 5.06 Å². The zero-order valence-corrected chi connectivity index (χ0v) is 13.5. The van der Waals surface area contributed by atoms with Crippen LogP contribution in [0.25, 0.3) is 0 Å². The molecule has 17 heavy (non-hydrogen) atoms. The van der Waals surface area contributed by atoms with Crippen LogP contribution < -0.4 is 0 Å². The molecular weight excluding hydrogens is 234 g/mol. The van der Waals surface area contributed by atoms with Crippen LogP contribution in [0.15, 0.2) is 0 Å². The van der Waals surface area contributed by atoms with Gasteiger partial charge in [0, 0.05) is 13.7 Å². The Labute approximate surface area is 106 Å². The summed E-state index contributed by atoms with van der Waals surface area (Å²) in [4.78, 5) is 16.6. The zero-order valence-electron chi connectivity index (χ0n) is 12.5. The summed E-state index contributed by atoms with van der Waals surface area (Å²) in [5.74, 6) is -0.222. The third kappa shape index (κ3) is 4.77. The SMILES string of the molecule is CON(C)C(=O)[C@@H](C)CO[Si](C)(C)C(C)(C)C. The molecule has 0 radical (unpaired) electrons. The number of carbonyl (C=O) groups is 1. The van der Waals surface area contributed by atoms with E-state index in [1.807, 2.05) is 6.92 Å². The summed E-state index contributed by atoms with van der Waals surface area (Å²) in [6.45, 7) is 13.3. The van der Waals surface area contributed by atoms with Crippen LogP contribution in [0.3, 0.4) is 0 Å². The summed E-state index contributed by atoms with van der Waals surface area (Å²) in [6.07, 6.45) is 0. The fourth-order valence-electron chi connectivity index (χ4n) is 1.02. The summed E-state index contributed by atoms with van der Waals surface area (Å²) < 4.78 is 6.01. The van der Waals surface area contributed by atoms with Crippen LogP contribution in [-0.2, 0) is 14.1 Å². The standard InChI is InChI=1S/C12H27NO3Si/c1-10(11(14)13(5)15-6)9-16-17(7,8)12(2,3)4/h10H,9H2,1-8H3/t10-/m0/s1. The van der Waals surface area contributed by atoms with Crippen LogP contribution in [0.2, 0.25) is 18.1 Å². The molecule has 0 saturated heterocycles. The molecule has 4 nitrogen and oxygen atoms in total. The van der Waals surface area contributed by atoms with Gasteiger partial charge in [0.05, 0.1) is 13.0 Å². The molecule has 0 aliphatic heterocycles. The van der Waals surface area contributed by atoms with Crippen molar-refractivity contribution in [2.24, 2.45) is 5.92 Å². The summed E-state index contributed by atoms with van der Waals surface area (Å²) >= 11 is 0. The third-order valence-electron chi connectivity index (χ3n) is 3.51. The molecule has 102 valence electrons. The lowest BCUT2D eigenvalue weighted by molar-refractivity contribution is -0.173. The van der Waals surface area contributed by atoms with Crippen molar-refractivity contribution in [2.45, 2.75) is 45.8 Å². The highest BCUT2D eigenvalue weighted by Crippen LogP contribution is 2.36. The minimum absolute atomic E-state index is 0.0498. The lowest BCUT2D eigenvalue weighted by Crippen LogP contribution is -2.43. The van der Waals surface area contributed by atoms with E-state index in [0.29, 0.717) is 6.61 Å². The van der Waals surface area contributed by atoms with E-state index >= 15 is 0 Å². The number of nitrogens with zero attached hydrogens (tertiary/aromatic N) is 1. The highest BCUT2D eigenvalue weighted by molar-refractivity contribution is 6.74. The number of amides is 1. The second-order valence-corrected chi connectivity index (χ2v) is 10.8. The molecule has 0 spiro atoms. The van der Waals surface area contributed by atoms with E-state index < -0.39 is 8.32 Å². The zero-order chi connectivity index (χ0) is 13.9. The van der Waals surface area contributed by atoms with E-state index in [0.717, 1.165) is 0 Å². The first-order chi connectivity index (χ1) is 7.53. The first-order valence-electron chi connectivity index (χ1n) is 5.98. The van der Waals surface area contributed by atoms with Gasteiger partial charge in [0.1, 0.15) is 0 Å². The number of hydrogen-bond acceptors (Lipinski definition) is 3. The maximum Gasteiger partial charge on any atom is 0.250 e. The predicted molar refractivity (Wildman–Crippen MR) is 72.1 cm³/mol. The first kappa shape index (κ1) is 16.6. The topological polar surface area (TPSA) is 38.8 Å². The largest absolute Gasteiger partial charge is 0.416 e. The van der Waals surface area contributed by atoms with E-state index in [9.17, 15) is 4.79 Å². The Kier molecular flexibility index (Phi) is 5.84. The molecule has 0 heterocycles. The lowest BCUT2D eigenvalue weighted by Gasteiger charge is -2.37. The quantitative estimate of drug-likeness (QED) is 0.564. The number of rotatable bonds is 5. The van der Waals surface area contributed by atoms with Gasteiger partial charge in [0.25, 0.3) is 5.91 Å². The van der Waals surface area contributed by atoms with Crippen molar-refractivity contribution in [3.63, 3.8) is 0 Å². The second-order valence-electron chi connectivity index (χ2n) is 5.99. The van der Waals surface area contributed by atoms with Crippen LogP contribution in [0, 0.1) is 5.92 Å². The molecular formula is C12H27NO3Si. The summed E-state index contributed by atoms with van der Waals surface area (Å²) in [6, 6.07) is 0. The number of carbonyl (C=O) groups excluding carboxylic acids is 1. The molecule has 0 bridgehead atoms. The fraction of sp³-hybridized carbons (Fsp3) is 0.917. The van der Waals surface area contributed by atoms with Gasteiger partial charge in [0.15, 0.2) is 8.32 Å². The van der Waals surface area contributed by atoms with Gasteiger partial charge < -0.3 is 4.43 Å². The van der Waals surface area contributed by atoms with Gasteiger partial charge in [-0.2, -0.15) is 0 Å². The van der Waals surface area contributed by atoms with Crippen molar-refractivity contribution < 1.29 is 14.1 Å². The van der Waals surface area contributed by atoms with E-state index in [2.05, 4.69) is 33.9 Å². The second kappa shape index (κ2) is 5.98. The van der Waals surface area contributed by atoms with Gasteiger partial charge in [-0.05, 0) is 18.1 Å². The molecule has 0 fully saturated rings. The summed E-state index contributed by atoms with van der Waals surface area (Å²) in [5.41, 5.74) is 0. The average Bonchev–Trinajstić information content (AvgIpc) is 2.22. The van der Waals surface area contributed by atoms with Crippen molar-refractivity contribution in [1.82, 2.24) is 5.06 Å². The van der Waals surface area contributed by atoms with Gasteiger partial charge in [-0.1, -0.05) is 27.7 Å². The van der Waals surface area contributed by atoms with Gasteiger partial charge in [-0.15, -0.1) is 0 Å². The Morgan fingerprint density at radius 2 is 1.82 bits per heavy atom. The Morgan fingerprint density at radius 3 is 2.18 bits per heavy atom. The Bertz CT molecular complexity index is 261. The van der Waals surface area contributed by atoms with E-state index in [1.165, 1.54) is 12.2 Å². The van der Waals surface area contributed by atoms with Crippen LogP contribution >= 0.6 is 0 Å². The van der Waals surface area contributed by atoms with Crippen molar-refractivity contribution in [1.29, 1.82) is 0 Å². The van der Waals surface area contributed by atoms with Crippen molar-refractivity contribution in [3.8, 4) is 0 Å². The van der Waals surface area contributed by atoms with E-state index in [4.69, 9.17) is 9.26 Å². The highest BCUT2D eigenvalue weighted by atomic mass is 28.4. The highest BCUT2D eigenvalue weighted by Gasteiger charge is 2.37. The molecule has 0 aromatic rings. The minimum atomic E-state index is -1.77. The number of hydrogen-bond donors (Lipinski definition) is 0. The maximum atomic E-state index is 11.8. The Morgan fingerprint density at radius 1 is 1.35 bits per heavy atom. The lowest BCUT2D eigenvalue weighted by atomic mass is 10.2. The monoisotopic (exact) mass is 261 g/mol. The van der Waals surface area contributed by atoms with E-state index in [1.54, 1.807) is 7.05 Å². The molecule has 1 atom stereocenters. The number of hydroxylamine groups is 2. The van der Waals surface area contributed by atoms with Gasteiger partial charge >= 0.3 is 0 Å². The average molecular weight is 261 g/mol. The summed E-state index contributed by atoms with van der Waals surface area (Å²) in [5, 5.41) is 1.42. The van der Waals surface area contributed by atoms with E-state index in [-0.39, 0.29) is 16.9 Å². The smallest absolute Gasteiger partial charge is 0.250 e. The van der Waals surface area contributed by atoms with Gasteiger partial charge in [-0.3, -0.25) is 9.63 Å². The van der Waals surface area contributed by atoms with Crippen LogP contribution in [-0.4, -0.2) is 40.1 Å². The van der Waals surface area contributed by atoms with Crippen molar-refractivity contribution in [3.05, 3.63) is 0 Å². The Balaban J connectivity index is 4.35. The molecule has 0 saturated carbocycles. The Hall–Kier alpha value is -0.393. The van der Waals surface area contributed by atoms with Crippen molar-refractivity contribution >= 4 is 14.2 Å². The minimum Gasteiger partial charge on any atom is -0.416 e. The maximum absolute atomic E-state index is 11.8. The van der Waals surface area contributed by atoms with Crippen molar-refractivity contribution in [2.75, 3.05) is 20.8 Å². The first-order valence-corrected chi connectivity index (χ1v) is 8.89. The molecule has 0 aromatic carbocycles. The van der Waals surface area contributed by atoms with Gasteiger partial charge in [0.2, 0.25) is 0 Å². The van der Waals surface area contributed by atoms with Crippen LogP contribution in [0.1, 0.15) is 27.7 Å². The molecule has 1 amide bonds. The molecule has 0 N–H and O–H groups in total.